The molecule has 6 nitrogen and oxygen atoms in total. The van der Waals surface area contributed by atoms with Crippen LogP contribution in [0, 0.1) is 10.8 Å². The molecule has 10 heteroatoms. The zero-order valence-corrected chi connectivity index (χ0v) is 14.2. The fourth-order valence-corrected chi connectivity index (χ4v) is 3.97. The van der Waals surface area contributed by atoms with E-state index in [4.69, 9.17) is 5.11 Å². The molecule has 1 N–H and O–H groups in total. The molecule has 0 spiro atoms. The van der Waals surface area contributed by atoms with E-state index in [2.05, 4.69) is 4.18 Å². The van der Waals surface area contributed by atoms with Crippen molar-refractivity contribution in [3.8, 4) is 0 Å². The van der Waals surface area contributed by atoms with Gasteiger partial charge >= 0.3 is 21.7 Å². The van der Waals surface area contributed by atoms with Crippen LogP contribution >= 0.6 is 0 Å². The number of fused-ring (bicyclic) bond motifs is 1. The molecule has 0 unspecified atom stereocenters. The number of allylic oxidation sites excluding steroid dienone is 2. The largest absolute Gasteiger partial charge is 0.534 e. The second-order valence-corrected chi connectivity index (χ2v) is 8.26. The molecule has 1 amide bonds. The quantitative estimate of drug-likeness (QED) is 0.459. The minimum absolute atomic E-state index is 0.0863. The molecule has 136 valence electrons. The van der Waals surface area contributed by atoms with Crippen LogP contribution < -0.4 is 0 Å². The first kappa shape index (κ1) is 18.6. The third-order valence-electron chi connectivity index (χ3n) is 4.49. The van der Waals surface area contributed by atoms with Gasteiger partial charge in [0.2, 0.25) is 0 Å². The van der Waals surface area contributed by atoms with Crippen LogP contribution in [0.2, 0.25) is 0 Å². The molecule has 2 rings (SSSR count). The molecule has 1 aliphatic carbocycles. The maximum absolute atomic E-state index is 12.6. The van der Waals surface area contributed by atoms with E-state index in [1.165, 1.54) is 11.0 Å². The Kier molecular flexibility index (Phi) is 4.19. The summed E-state index contributed by atoms with van der Waals surface area (Å²) in [7, 11) is -5.75. The molecule has 0 aromatic heterocycles. The summed E-state index contributed by atoms with van der Waals surface area (Å²) in [5, 5.41) is 9.12. The topological polar surface area (TPSA) is 83.9 Å². The molecule has 0 saturated carbocycles. The summed E-state index contributed by atoms with van der Waals surface area (Å²) in [4.78, 5) is 12.3. The Balaban J connectivity index is 2.39. The Labute approximate surface area is 137 Å². The van der Waals surface area contributed by atoms with Crippen molar-refractivity contribution in [1.82, 2.24) is 4.90 Å². The molecule has 0 bridgehead atoms. The van der Waals surface area contributed by atoms with E-state index in [1.54, 1.807) is 26.8 Å². The summed E-state index contributed by atoms with van der Waals surface area (Å²) in [6, 6.07) is 0. The number of carboxylic acid groups (broad SMARTS) is 1. The van der Waals surface area contributed by atoms with Gasteiger partial charge in [0.05, 0.1) is 0 Å². The van der Waals surface area contributed by atoms with Gasteiger partial charge in [-0.1, -0.05) is 18.6 Å². The summed E-state index contributed by atoms with van der Waals surface area (Å²) < 4.78 is 64.6. The van der Waals surface area contributed by atoms with Crippen molar-refractivity contribution < 1.29 is 35.7 Å². The van der Waals surface area contributed by atoms with Crippen molar-refractivity contribution in [2.24, 2.45) is 10.8 Å². The molecule has 0 saturated heterocycles. The summed E-state index contributed by atoms with van der Waals surface area (Å²) >= 11 is 0. The fourth-order valence-electron chi connectivity index (χ4n) is 3.36. The van der Waals surface area contributed by atoms with Crippen LogP contribution in [-0.4, -0.2) is 43.1 Å². The summed E-state index contributed by atoms with van der Waals surface area (Å²) in [5.41, 5.74) is -6.57. The van der Waals surface area contributed by atoms with E-state index < -0.39 is 32.5 Å². The van der Waals surface area contributed by atoms with Crippen LogP contribution in [0.1, 0.15) is 27.2 Å². The van der Waals surface area contributed by atoms with E-state index in [9.17, 15) is 26.4 Å². The van der Waals surface area contributed by atoms with Gasteiger partial charge in [-0.3, -0.25) is 0 Å². The summed E-state index contributed by atoms with van der Waals surface area (Å²) in [6.07, 6.45) is 2.00. The van der Waals surface area contributed by atoms with Gasteiger partial charge in [-0.2, -0.15) is 21.6 Å². The average Bonchev–Trinajstić information content (AvgIpc) is 2.40. The summed E-state index contributed by atoms with van der Waals surface area (Å²) in [5.74, 6) is -0.299. The van der Waals surface area contributed by atoms with Crippen LogP contribution in [0.25, 0.3) is 0 Å². The number of hydrogen-bond donors (Lipinski definition) is 1. The van der Waals surface area contributed by atoms with Crippen molar-refractivity contribution in [3.63, 3.8) is 0 Å². The first-order valence-electron chi connectivity index (χ1n) is 7.11. The molecule has 2 aliphatic rings. The lowest BCUT2D eigenvalue weighted by atomic mass is 9.61. The molecular formula is C14H18F3NO5S. The van der Waals surface area contributed by atoms with E-state index >= 15 is 0 Å². The van der Waals surface area contributed by atoms with Crippen LogP contribution in [0.5, 0.6) is 0 Å². The van der Waals surface area contributed by atoms with Gasteiger partial charge in [0.25, 0.3) is 0 Å². The lowest BCUT2D eigenvalue weighted by molar-refractivity contribution is -0.0532. The Morgan fingerprint density at radius 1 is 1.29 bits per heavy atom. The molecule has 0 fully saturated rings. The molecule has 0 aromatic carbocycles. The molecule has 0 aromatic rings. The minimum Gasteiger partial charge on any atom is -0.465 e. The molecule has 1 heterocycles. The van der Waals surface area contributed by atoms with Gasteiger partial charge in [0, 0.05) is 23.9 Å². The molecule has 24 heavy (non-hydrogen) atoms. The Bertz CT molecular complexity index is 723. The zero-order chi connectivity index (χ0) is 18.6. The molecule has 1 aliphatic heterocycles. The Morgan fingerprint density at radius 3 is 2.38 bits per heavy atom. The lowest BCUT2D eigenvalue weighted by Gasteiger charge is -2.49. The van der Waals surface area contributed by atoms with Crippen LogP contribution in [0.15, 0.2) is 23.5 Å². The van der Waals surface area contributed by atoms with E-state index in [0.29, 0.717) is 5.57 Å². The van der Waals surface area contributed by atoms with Crippen molar-refractivity contribution in [1.29, 1.82) is 0 Å². The van der Waals surface area contributed by atoms with Crippen LogP contribution in [0.3, 0.4) is 0 Å². The predicted octanol–water partition coefficient (Wildman–Crippen LogP) is 3.09. The number of carbonyl (C=O) groups is 1. The Morgan fingerprint density at radius 2 is 1.88 bits per heavy atom. The maximum atomic E-state index is 12.6. The van der Waals surface area contributed by atoms with Gasteiger partial charge in [-0.15, -0.1) is 0 Å². The first-order valence-corrected chi connectivity index (χ1v) is 8.52. The highest BCUT2D eigenvalue weighted by molar-refractivity contribution is 7.87. The number of rotatable bonds is 2. The van der Waals surface area contributed by atoms with E-state index in [1.807, 2.05) is 0 Å². The first-order chi connectivity index (χ1) is 10.7. The van der Waals surface area contributed by atoms with Gasteiger partial charge in [0.1, 0.15) is 5.76 Å². The Hall–Kier alpha value is -1.71. The van der Waals surface area contributed by atoms with Crippen LogP contribution in [-0.2, 0) is 14.3 Å². The molecule has 1 atom stereocenters. The standard InChI is InChI=1S/C14H18F3NO5S/c1-12(2)9-5-7-18(11(19)20)8-13(9,3)6-4-10(12)23-24(21,22)14(15,16)17/h4-5H,6-8H2,1-3H3,(H,19,20)/t13-/m1/s1. The highest BCUT2D eigenvalue weighted by Crippen LogP contribution is 2.53. The normalized spacial score (nSPS) is 27.0. The second kappa shape index (κ2) is 5.40. The third kappa shape index (κ3) is 2.99. The van der Waals surface area contributed by atoms with Crippen molar-refractivity contribution in [3.05, 3.63) is 23.5 Å². The number of halogens is 3. The fraction of sp³-hybridized carbons (Fsp3) is 0.643. The van der Waals surface area contributed by atoms with Gasteiger partial charge in [-0.25, -0.2) is 4.79 Å². The zero-order valence-electron chi connectivity index (χ0n) is 13.3. The predicted molar refractivity (Wildman–Crippen MR) is 78.3 cm³/mol. The number of hydrogen-bond acceptors (Lipinski definition) is 4. The van der Waals surface area contributed by atoms with Crippen molar-refractivity contribution >= 4 is 16.2 Å². The number of alkyl halides is 3. The third-order valence-corrected chi connectivity index (χ3v) is 5.45. The smallest absolute Gasteiger partial charge is 0.465 e. The highest BCUT2D eigenvalue weighted by Gasteiger charge is 2.53. The van der Waals surface area contributed by atoms with E-state index in [0.717, 1.165) is 0 Å². The average molecular weight is 369 g/mol. The molecule has 0 radical (unpaired) electrons. The number of amides is 1. The highest BCUT2D eigenvalue weighted by atomic mass is 32.2. The SMILES string of the molecule is CC1(C)C(OS(=O)(=O)C(F)(F)F)=CC[C@]2(C)CN(C(=O)O)CC=C12. The summed E-state index contributed by atoms with van der Waals surface area (Å²) in [6.45, 7) is 5.17. The minimum atomic E-state index is -5.75. The van der Waals surface area contributed by atoms with Crippen LogP contribution in [0.4, 0.5) is 18.0 Å². The van der Waals surface area contributed by atoms with Gasteiger partial charge in [0.15, 0.2) is 0 Å². The van der Waals surface area contributed by atoms with Crippen molar-refractivity contribution in [2.45, 2.75) is 32.7 Å². The lowest BCUT2D eigenvalue weighted by Crippen LogP contribution is -2.49. The van der Waals surface area contributed by atoms with E-state index in [-0.39, 0.29) is 25.3 Å². The second-order valence-electron chi connectivity index (χ2n) is 6.72. The number of nitrogens with zero attached hydrogens (tertiary/aromatic N) is 1. The monoisotopic (exact) mass is 369 g/mol. The maximum Gasteiger partial charge on any atom is 0.534 e. The van der Waals surface area contributed by atoms with Gasteiger partial charge in [-0.05, 0) is 26.3 Å². The van der Waals surface area contributed by atoms with Gasteiger partial charge < -0.3 is 14.2 Å². The molecular weight excluding hydrogens is 351 g/mol. The van der Waals surface area contributed by atoms with Crippen molar-refractivity contribution in [2.75, 3.05) is 13.1 Å².